The first-order valence-corrected chi connectivity index (χ1v) is 15.0. The van der Waals surface area contributed by atoms with Crippen molar-refractivity contribution < 1.29 is 76.3 Å². The maximum atomic E-state index is 11.3. The summed E-state index contributed by atoms with van der Waals surface area (Å²) >= 11 is 0. The van der Waals surface area contributed by atoms with E-state index in [2.05, 4.69) is 10.1 Å². The number of carbonyl (C=O) groups excluding carboxylic acids is 2. The minimum Gasteiger partial charge on any atom is -0.480 e. The van der Waals surface area contributed by atoms with Gasteiger partial charge in [-0.1, -0.05) is 0 Å². The molecule has 0 fully saturated rings. The van der Waals surface area contributed by atoms with Crippen LogP contribution < -0.4 is 5.32 Å². The fourth-order valence-corrected chi connectivity index (χ4v) is 2.87. The van der Waals surface area contributed by atoms with Gasteiger partial charge < -0.3 is 67.3 Å². The van der Waals surface area contributed by atoms with E-state index in [1.165, 1.54) is 6.92 Å². The molecule has 2 N–H and O–H groups in total. The van der Waals surface area contributed by atoms with Crippen molar-refractivity contribution in [2.45, 2.75) is 6.92 Å². The van der Waals surface area contributed by atoms with Gasteiger partial charge in [0.15, 0.2) is 0 Å². The highest BCUT2D eigenvalue weighted by atomic mass is 16.6. The Balaban J connectivity index is 3.09. The molecular formula is C28H53NO16. The topological polar surface area (TPSA) is 194 Å². The van der Waals surface area contributed by atoms with Crippen LogP contribution in [0.15, 0.2) is 0 Å². The van der Waals surface area contributed by atoms with Gasteiger partial charge in [0.2, 0.25) is 5.91 Å². The van der Waals surface area contributed by atoms with Gasteiger partial charge >= 0.3 is 11.9 Å². The molecule has 0 aliphatic heterocycles. The number of carboxylic acids is 1. The van der Waals surface area contributed by atoms with Gasteiger partial charge in [0.25, 0.3) is 0 Å². The molecule has 0 saturated carbocycles. The fourth-order valence-electron chi connectivity index (χ4n) is 2.87. The molecule has 0 saturated heterocycles. The molecule has 0 aromatic carbocycles. The van der Waals surface area contributed by atoms with Crippen LogP contribution >= 0.6 is 0 Å². The number of esters is 1. The van der Waals surface area contributed by atoms with Crippen molar-refractivity contribution in [2.75, 3.05) is 159 Å². The Morgan fingerprint density at radius 1 is 0.422 bits per heavy atom. The lowest BCUT2D eigenvalue weighted by atomic mass is 10.6. The van der Waals surface area contributed by atoms with Gasteiger partial charge in [-0.2, -0.15) is 0 Å². The molecule has 0 radical (unpaired) electrons. The van der Waals surface area contributed by atoms with E-state index < -0.39 is 18.5 Å². The van der Waals surface area contributed by atoms with Crippen LogP contribution in [0, 0.1) is 0 Å². The Labute approximate surface area is 265 Å². The zero-order valence-electron chi connectivity index (χ0n) is 26.5. The zero-order chi connectivity index (χ0) is 32.9. The van der Waals surface area contributed by atoms with Crippen molar-refractivity contribution >= 4 is 17.8 Å². The minimum atomic E-state index is -1.13. The number of ether oxygens (including phenoxy) is 12. The summed E-state index contributed by atoms with van der Waals surface area (Å²) in [5, 5.41) is 11.0. The molecular weight excluding hydrogens is 606 g/mol. The Kier molecular flexibility index (Phi) is 34.8. The molecule has 45 heavy (non-hydrogen) atoms. The van der Waals surface area contributed by atoms with E-state index in [9.17, 15) is 14.4 Å². The van der Waals surface area contributed by atoms with Crippen LogP contribution in [0.25, 0.3) is 0 Å². The highest BCUT2D eigenvalue weighted by Gasteiger charge is 2.03. The maximum absolute atomic E-state index is 11.3. The summed E-state index contributed by atoms with van der Waals surface area (Å²) in [7, 11) is 0. The molecule has 0 atom stereocenters. The predicted molar refractivity (Wildman–Crippen MR) is 156 cm³/mol. The molecule has 0 aliphatic rings. The molecule has 0 bridgehead atoms. The summed E-state index contributed by atoms with van der Waals surface area (Å²) in [6.07, 6.45) is 0. The first kappa shape index (κ1) is 43.0. The van der Waals surface area contributed by atoms with Crippen LogP contribution in [0.4, 0.5) is 0 Å². The molecule has 0 heterocycles. The number of rotatable bonds is 37. The molecule has 266 valence electrons. The van der Waals surface area contributed by atoms with Crippen molar-refractivity contribution in [3.05, 3.63) is 0 Å². The fraction of sp³-hybridized carbons (Fsp3) is 0.893. The Hall–Kier alpha value is -2.03. The van der Waals surface area contributed by atoms with E-state index in [4.69, 9.17) is 57.2 Å². The zero-order valence-corrected chi connectivity index (χ0v) is 26.5. The molecule has 0 aromatic rings. The predicted octanol–water partition coefficient (Wildman–Crippen LogP) is -1.07. The van der Waals surface area contributed by atoms with Gasteiger partial charge in [-0.25, -0.2) is 4.79 Å². The van der Waals surface area contributed by atoms with E-state index in [1.54, 1.807) is 0 Å². The smallest absolute Gasteiger partial charge is 0.329 e. The number of aliphatic carboxylic acids is 1. The third-order valence-electron chi connectivity index (χ3n) is 4.91. The van der Waals surface area contributed by atoms with Crippen LogP contribution in [-0.4, -0.2) is 181 Å². The average Bonchev–Trinajstić information content (AvgIpc) is 3.01. The number of carboxylic acid groups (broad SMARTS) is 1. The van der Waals surface area contributed by atoms with Crippen LogP contribution in [-0.2, 0) is 71.2 Å². The van der Waals surface area contributed by atoms with Gasteiger partial charge in [0.05, 0.1) is 132 Å². The monoisotopic (exact) mass is 659 g/mol. The van der Waals surface area contributed by atoms with Gasteiger partial charge in [-0.05, 0) is 0 Å². The van der Waals surface area contributed by atoms with Gasteiger partial charge in [-0.3, -0.25) is 9.59 Å². The molecule has 1 amide bonds. The van der Waals surface area contributed by atoms with Gasteiger partial charge in [-0.15, -0.1) is 0 Å². The number of hydrogen-bond donors (Lipinski definition) is 2. The first-order valence-electron chi connectivity index (χ1n) is 15.0. The third kappa shape index (κ3) is 39.9. The standard InChI is InChI=1S/C28H53NO16/c1-26(30)45-23-22-43-21-20-42-19-18-41-17-16-40-15-14-39-13-12-38-11-10-37-9-8-36-7-6-35-5-4-34-3-2-29-27(31)24-44-25-28(32)33/h2-25H2,1H3,(H,29,31)(H,32,33). The van der Waals surface area contributed by atoms with E-state index >= 15 is 0 Å². The highest BCUT2D eigenvalue weighted by molar-refractivity contribution is 5.77. The van der Waals surface area contributed by atoms with E-state index in [0.717, 1.165) is 0 Å². The summed E-state index contributed by atoms with van der Waals surface area (Å²) in [4.78, 5) is 32.2. The molecule has 0 aliphatic carbocycles. The third-order valence-corrected chi connectivity index (χ3v) is 4.91. The minimum absolute atomic E-state index is 0.248. The lowest BCUT2D eigenvalue weighted by molar-refractivity contribution is -0.144. The number of nitrogens with one attached hydrogen (secondary N) is 1. The lowest BCUT2D eigenvalue weighted by Gasteiger charge is -2.09. The molecule has 17 heteroatoms. The summed E-state index contributed by atoms with van der Waals surface area (Å²) in [5.41, 5.74) is 0. The normalized spacial score (nSPS) is 11.1. The van der Waals surface area contributed by atoms with E-state index in [1.807, 2.05) is 0 Å². The maximum Gasteiger partial charge on any atom is 0.329 e. The van der Waals surface area contributed by atoms with Crippen molar-refractivity contribution in [1.82, 2.24) is 5.32 Å². The Bertz CT molecular complexity index is 672. The summed E-state index contributed by atoms with van der Waals surface area (Å²) in [5.74, 6) is -1.85. The summed E-state index contributed by atoms with van der Waals surface area (Å²) < 4.78 is 63.3. The van der Waals surface area contributed by atoms with Crippen molar-refractivity contribution in [1.29, 1.82) is 0 Å². The Morgan fingerprint density at radius 3 is 1.00 bits per heavy atom. The number of hydrogen-bond acceptors (Lipinski definition) is 15. The highest BCUT2D eigenvalue weighted by Crippen LogP contribution is 1.87. The number of amides is 1. The SMILES string of the molecule is CC(=O)OCCOCCOCCOCCOCCOCCOCCOCCOCCOCCOCCNC(=O)COCC(=O)O. The van der Waals surface area contributed by atoms with E-state index in [0.29, 0.717) is 139 Å². The van der Waals surface area contributed by atoms with Crippen LogP contribution in [0.1, 0.15) is 6.92 Å². The largest absolute Gasteiger partial charge is 0.480 e. The van der Waals surface area contributed by atoms with Crippen molar-refractivity contribution in [3.63, 3.8) is 0 Å². The Morgan fingerprint density at radius 2 is 0.711 bits per heavy atom. The van der Waals surface area contributed by atoms with Crippen molar-refractivity contribution in [2.24, 2.45) is 0 Å². The second kappa shape index (κ2) is 36.4. The second-order valence-corrected chi connectivity index (χ2v) is 8.70. The molecule has 0 rings (SSSR count). The number of carbonyl (C=O) groups is 3. The van der Waals surface area contributed by atoms with Gasteiger partial charge in [0, 0.05) is 13.5 Å². The lowest BCUT2D eigenvalue weighted by Crippen LogP contribution is -2.31. The van der Waals surface area contributed by atoms with Crippen LogP contribution in [0.5, 0.6) is 0 Å². The van der Waals surface area contributed by atoms with E-state index in [-0.39, 0.29) is 19.2 Å². The average molecular weight is 660 g/mol. The summed E-state index contributed by atoms with van der Waals surface area (Å²) in [6.45, 7) is 9.91. The first-order chi connectivity index (χ1) is 22.0. The molecule has 17 nitrogen and oxygen atoms in total. The summed E-state index contributed by atoms with van der Waals surface area (Å²) in [6, 6.07) is 0. The quantitative estimate of drug-likeness (QED) is 0.0604. The molecule has 0 unspecified atom stereocenters. The van der Waals surface area contributed by atoms with Crippen LogP contribution in [0.2, 0.25) is 0 Å². The second-order valence-electron chi connectivity index (χ2n) is 8.70. The van der Waals surface area contributed by atoms with Gasteiger partial charge in [0.1, 0.15) is 19.8 Å². The van der Waals surface area contributed by atoms with Crippen molar-refractivity contribution in [3.8, 4) is 0 Å². The van der Waals surface area contributed by atoms with Crippen LogP contribution in [0.3, 0.4) is 0 Å². The molecule has 0 spiro atoms. The molecule has 0 aromatic heterocycles.